The van der Waals surface area contributed by atoms with Crippen molar-refractivity contribution in [2.45, 2.75) is 38.6 Å². The maximum Gasteiger partial charge on any atom is 0.229 e. The SMILES string of the molecule is CCCCN1C(=O)CC[C@H](C(=O)Nc2ccc(F)cc2)[C@@H]1c1ccccc1OC. The minimum Gasteiger partial charge on any atom is -0.496 e. The minimum absolute atomic E-state index is 0.0557. The molecule has 154 valence electrons. The number of carbonyl (C=O) groups is 2. The Kier molecular flexibility index (Phi) is 6.86. The number of anilines is 1. The largest absolute Gasteiger partial charge is 0.496 e. The summed E-state index contributed by atoms with van der Waals surface area (Å²) in [5, 5.41) is 2.88. The first-order valence-electron chi connectivity index (χ1n) is 10.0. The number of ether oxygens (including phenoxy) is 1. The second-order valence-corrected chi connectivity index (χ2v) is 7.27. The fourth-order valence-electron chi connectivity index (χ4n) is 3.88. The smallest absolute Gasteiger partial charge is 0.229 e. The molecular formula is C23H27FN2O3. The number of hydrogen-bond donors (Lipinski definition) is 1. The van der Waals surface area contributed by atoms with Gasteiger partial charge in [-0.1, -0.05) is 31.5 Å². The normalized spacial score (nSPS) is 19.1. The van der Waals surface area contributed by atoms with E-state index in [0.717, 1.165) is 18.4 Å². The number of nitrogens with zero attached hydrogens (tertiary/aromatic N) is 1. The van der Waals surface area contributed by atoms with E-state index in [2.05, 4.69) is 12.2 Å². The summed E-state index contributed by atoms with van der Waals surface area (Å²) in [5.74, 6) is -0.246. The number of benzene rings is 2. The van der Waals surface area contributed by atoms with Crippen LogP contribution in [0.3, 0.4) is 0 Å². The fraction of sp³-hybridized carbons (Fsp3) is 0.391. The summed E-state index contributed by atoms with van der Waals surface area (Å²) >= 11 is 0. The molecule has 0 spiro atoms. The van der Waals surface area contributed by atoms with E-state index in [1.807, 2.05) is 29.2 Å². The average molecular weight is 398 g/mol. The molecule has 0 aromatic heterocycles. The van der Waals surface area contributed by atoms with Crippen molar-refractivity contribution in [1.29, 1.82) is 0 Å². The zero-order valence-electron chi connectivity index (χ0n) is 16.9. The van der Waals surface area contributed by atoms with Crippen LogP contribution in [-0.2, 0) is 9.59 Å². The molecule has 0 aliphatic carbocycles. The van der Waals surface area contributed by atoms with Crippen LogP contribution in [-0.4, -0.2) is 30.4 Å². The van der Waals surface area contributed by atoms with E-state index in [1.54, 1.807) is 7.11 Å². The Balaban J connectivity index is 1.94. The number of nitrogens with one attached hydrogen (secondary N) is 1. The highest BCUT2D eigenvalue weighted by molar-refractivity contribution is 5.94. The van der Waals surface area contributed by atoms with Crippen molar-refractivity contribution in [3.8, 4) is 5.75 Å². The number of halogens is 1. The quantitative estimate of drug-likeness (QED) is 0.744. The van der Waals surface area contributed by atoms with Gasteiger partial charge in [0.1, 0.15) is 11.6 Å². The summed E-state index contributed by atoms with van der Waals surface area (Å²) in [7, 11) is 1.59. The topological polar surface area (TPSA) is 58.6 Å². The molecule has 5 nitrogen and oxygen atoms in total. The monoisotopic (exact) mass is 398 g/mol. The molecule has 2 amide bonds. The molecule has 1 aliphatic rings. The maximum atomic E-state index is 13.2. The molecule has 29 heavy (non-hydrogen) atoms. The first kappa shape index (κ1) is 20.8. The van der Waals surface area contributed by atoms with Gasteiger partial charge >= 0.3 is 0 Å². The highest BCUT2D eigenvalue weighted by Gasteiger charge is 2.41. The third-order valence-electron chi connectivity index (χ3n) is 5.37. The molecule has 2 aromatic rings. The molecule has 1 N–H and O–H groups in total. The number of rotatable bonds is 7. The molecule has 0 saturated carbocycles. The Hall–Kier alpha value is -2.89. The number of hydrogen-bond acceptors (Lipinski definition) is 3. The van der Waals surface area contributed by atoms with Crippen LogP contribution in [0, 0.1) is 11.7 Å². The predicted octanol–water partition coefficient (Wildman–Crippen LogP) is 4.55. The lowest BCUT2D eigenvalue weighted by atomic mass is 9.83. The molecule has 0 bridgehead atoms. The number of piperidine rings is 1. The Labute approximate surface area is 170 Å². The number of carbonyl (C=O) groups excluding carboxylic acids is 2. The molecule has 1 heterocycles. The lowest BCUT2D eigenvalue weighted by Crippen LogP contribution is -2.47. The van der Waals surface area contributed by atoms with Gasteiger partial charge in [0.2, 0.25) is 11.8 Å². The van der Waals surface area contributed by atoms with Gasteiger partial charge < -0.3 is 15.0 Å². The van der Waals surface area contributed by atoms with Crippen molar-refractivity contribution in [2.75, 3.05) is 19.0 Å². The molecule has 1 fully saturated rings. The molecule has 0 unspecified atom stereocenters. The molecule has 0 radical (unpaired) electrons. The number of likely N-dealkylation sites (tertiary alicyclic amines) is 1. The average Bonchev–Trinajstić information content (AvgIpc) is 2.74. The molecule has 2 aromatic carbocycles. The zero-order chi connectivity index (χ0) is 20.8. The van der Waals surface area contributed by atoms with Gasteiger partial charge in [0.25, 0.3) is 0 Å². The van der Waals surface area contributed by atoms with Gasteiger partial charge in [-0.25, -0.2) is 4.39 Å². The van der Waals surface area contributed by atoms with Crippen LogP contribution in [0.2, 0.25) is 0 Å². The fourth-order valence-corrected chi connectivity index (χ4v) is 3.88. The van der Waals surface area contributed by atoms with Crippen molar-refractivity contribution in [1.82, 2.24) is 4.90 Å². The predicted molar refractivity (Wildman–Crippen MR) is 110 cm³/mol. The molecule has 1 saturated heterocycles. The Morgan fingerprint density at radius 1 is 1.21 bits per heavy atom. The maximum absolute atomic E-state index is 13.2. The van der Waals surface area contributed by atoms with Crippen LogP contribution in [0.4, 0.5) is 10.1 Å². The molecule has 3 rings (SSSR count). The number of methoxy groups -OCH3 is 1. The van der Waals surface area contributed by atoms with Gasteiger partial charge in [0.15, 0.2) is 0 Å². The summed E-state index contributed by atoms with van der Waals surface area (Å²) in [6, 6.07) is 12.8. The first-order chi connectivity index (χ1) is 14.0. The molecule has 6 heteroatoms. The van der Waals surface area contributed by atoms with Gasteiger partial charge in [-0.05, 0) is 43.2 Å². The lowest BCUT2D eigenvalue weighted by Gasteiger charge is -2.41. The van der Waals surface area contributed by atoms with Crippen LogP contribution in [0.1, 0.15) is 44.2 Å². The van der Waals surface area contributed by atoms with Crippen LogP contribution in [0.25, 0.3) is 0 Å². The van der Waals surface area contributed by atoms with Crippen LogP contribution >= 0.6 is 0 Å². The summed E-state index contributed by atoms with van der Waals surface area (Å²) in [4.78, 5) is 27.8. The van der Waals surface area contributed by atoms with Crippen molar-refractivity contribution in [3.05, 3.63) is 59.9 Å². The van der Waals surface area contributed by atoms with E-state index >= 15 is 0 Å². The van der Waals surface area contributed by atoms with E-state index in [0.29, 0.717) is 30.8 Å². The highest BCUT2D eigenvalue weighted by Crippen LogP contribution is 2.41. The second-order valence-electron chi connectivity index (χ2n) is 7.27. The van der Waals surface area contributed by atoms with E-state index in [9.17, 15) is 14.0 Å². The summed E-state index contributed by atoms with van der Waals surface area (Å²) in [6.45, 7) is 2.67. The van der Waals surface area contributed by atoms with Crippen molar-refractivity contribution >= 4 is 17.5 Å². The summed E-state index contributed by atoms with van der Waals surface area (Å²) in [5.41, 5.74) is 1.37. The van der Waals surface area contributed by atoms with Crippen molar-refractivity contribution in [2.24, 2.45) is 5.92 Å². The van der Waals surface area contributed by atoms with Gasteiger partial charge in [0.05, 0.1) is 19.1 Å². The third-order valence-corrected chi connectivity index (χ3v) is 5.37. The van der Waals surface area contributed by atoms with Crippen LogP contribution in [0.15, 0.2) is 48.5 Å². The van der Waals surface area contributed by atoms with Crippen LogP contribution in [0.5, 0.6) is 5.75 Å². The molecule has 2 atom stereocenters. The van der Waals surface area contributed by atoms with Gasteiger partial charge in [-0.15, -0.1) is 0 Å². The second kappa shape index (κ2) is 9.54. The number of amides is 2. The van der Waals surface area contributed by atoms with E-state index in [4.69, 9.17) is 4.74 Å². The van der Waals surface area contributed by atoms with Crippen LogP contribution < -0.4 is 10.1 Å². The zero-order valence-corrected chi connectivity index (χ0v) is 16.9. The summed E-state index contributed by atoms with van der Waals surface area (Å²) in [6.07, 6.45) is 2.60. The van der Waals surface area contributed by atoms with Crippen molar-refractivity contribution in [3.63, 3.8) is 0 Å². The standard InChI is InChI=1S/C23H27FN2O3/c1-3-4-15-26-21(27)14-13-19(22(26)18-7-5-6-8-20(18)29-2)23(28)25-17-11-9-16(24)10-12-17/h5-12,19,22H,3-4,13-15H2,1-2H3,(H,25,28)/t19-,22-/m0/s1. The van der Waals surface area contributed by atoms with E-state index < -0.39 is 12.0 Å². The first-order valence-corrected chi connectivity index (χ1v) is 10.0. The number of unbranched alkanes of at least 4 members (excludes halogenated alkanes) is 1. The minimum atomic E-state index is -0.425. The Bertz CT molecular complexity index is 853. The van der Waals surface area contributed by atoms with Gasteiger partial charge in [0, 0.05) is 24.2 Å². The summed E-state index contributed by atoms with van der Waals surface area (Å²) < 4.78 is 18.7. The third kappa shape index (κ3) is 4.75. The molecular weight excluding hydrogens is 371 g/mol. The van der Waals surface area contributed by atoms with E-state index in [1.165, 1.54) is 24.3 Å². The Morgan fingerprint density at radius 2 is 1.93 bits per heavy atom. The van der Waals surface area contributed by atoms with Gasteiger partial charge in [-0.2, -0.15) is 0 Å². The van der Waals surface area contributed by atoms with E-state index in [-0.39, 0.29) is 17.6 Å². The van der Waals surface area contributed by atoms with Crippen molar-refractivity contribution < 1.29 is 18.7 Å². The molecule has 1 aliphatic heterocycles. The lowest BCUT2D eigenvalue weighted by molar-refractivity contribution is -0.142. The number of para-hydroxylation sites is 1. The van der Waals surface area contributed by atoms with Gasteiger partial charge in [-0.3, -0.25) is 9.59 Å². The Morgan fingerprint density at radius 3 is 2.62 bits per heavy atom. The highest BCUT2D eigenvalue weighted by atomic mass is 19.1.